The van der Waals surface area contributed by atoms with E-state index in [1.807, 2.05) is 0 Å². The topological polar surface area (TPSA) is 36.9 Å². The van der Waals surface area contributed by atoms with Crippen molar-refractivity contribution in [3.8, 4) is 25.1 Å². The standard InChI is InChI=1S/C30H46O4/c1-10-31-23-14-20-21(15-24(23)32-11-2)30(17-28(20,6)7)18-29(8,9)22-16-25(33-12-3)27(34-13-4)19(5)26(22)30/h1-2,19-27H,12-18H2,3-9H3. The first-order valence-corrected chi connectivity index (χ1v) is 13.5. The van der Waals surface area contributed by atoms with Gasteiger partial charge in [-0.25, -0.2) is 0 Å². The van der Waals surface area contributed by atoms with E-state index in [2.05, 4.69) is 60.7 Å². The number of hydrogen-bond donors (Lipinski definition) is 0. The molecule has 0 aromatic heterocycles. The smallest absolute Gasteiger partial charge is 0.148 e. The molecule has 4 heteroatoms. The molecule has 0 aromatic rings. The Hall–Kier alpha value is -1.36. The van der Waals surface area contributed by atoms with E-state index < -0.39 is 0 Å². The maximum atomic E-state index is 6.42. The molecule has 10 unspecified atom stereocenters. The molecule has 0 saturated heterocycles. The summed E-state index contributed by atoms with van der Waals surface area (Å²) in [6.45, 7) is 18.0. The molecule has 1 spiro atoms. The van der Waals surface area contributed by atoms with Gasteiger partial charge in [0.2, 0.25) is 0 Å². The number of rotatable bonds is 6. The van der Waals surface area contributed by atoms with Crippen molar-refractivity contribution in [2.24, 2.45) is 45.8 Å². The van der Waals surface area contributed by atoms with Crippen LogP contribution in [0.1, 0.15) is 80.6 Å². The summed E-state index contributed by atoms with van der Waals surface area (Å²) in [5, 5.41) is 0. The zero-order valence-electron chi connectivity index (χ0n) is 22.4. The van der Waals surface area contributed by atoms with E-state index in [1.165, 1.54) is 12.8 Å². The van der Waals surface area contributed by atoms with Crippen LogP contribution < -0.4 is 0 Å². The van der Waals surface area contributed by atoms with Crippen molar-refractivity contribution in [2.75, 3.05) is 13.2 Å². The summed E-state index contributed by atoms with van der Waals surface area (Å²) in [7, 11) is 0. The van der Waals surface area contributed by atoms with Gasteiger partial charge in [-0.05, 0) is 91.8 Å². The van der Waals surface area contributed by atoms with Gasteiger partial charge in [0.1, 0.15) is 24.4 Å². The van der Waals surface area contributed by atoms with Gasteiger partial charge in [0.25, 0.3) is 0 Å². The SMILES string of the molecule is C#COC1CC2C(CC1OC#C)C1(CC2(C)C)CC(C)(C)C2CC(OCC)C(OCC)C(C)C21. The second-order valence-electron chi connectivity index (χ2n) is 12.9. The monoisotopic (exact) mass is 470 g/mol. The lowest BCUT2D eigenvalue weighted by molar-refractivity contribution is -0.160. The summed E-state index contributed by atoms with van der Waals surface area (Å²) in [6.07, 6.45) is 21.5. The highest BCUT2D eigenvalue weighted by Gasteiger charge is 2.71. The van der Waals surface area contributed by atoms with Crippen molar-refractivity contribution in [3.63, 3.8) is 0 Å². The van der Waals surface area contributed by atoms with Gasteiger partial charge in [0.05, 0.1) is 12.2 Å². The molecule has 4 aliphatic carbocycles. The minimum absolute atomic E-state index is 0.135. The maximum absolute atomic E-state index is 6.42. The van der Waals surface area contributed by atoms with Crippen LogP contribution in [-0.2, 0) is 18.9 Å². The molecule has 4 fully saturated rings. The van der Waals surface area contributed by atoms with E-state index in [4.69, 9.17) is 31.8 Å². The first-order valence-electron chi connectivity index (χ1n) is 13.5. The average molecular weight is 471 g/mol. The third-order valence-electron chi connectivity index (χ3n) is 10.4. The van der Waals surface area contributed by atoms with Gasteiger partial charge in [-0.15, -0.1) is 0 Å². The normalized spacial score (nSPS) is 46.2. The highest BCUT2D eigenvalue weighted by molar-refractivity contribution is 5.19. The molecule has 0 amide bonds. The Morgan fingerprint density at radius 2 is 1.24 bits per heavy atom. The van der Waals surface area contributed by atoms with Gasteiger partial charge in [-0.3, -0.25) is 0 Å². The van der Waals surface area contributed by atoms with Gasteiger partial charge in [-0.2, -0.15) is 0 Å². The molecular formula is C30H46O4. The quantitative estimate of drug-likeness (QED) is 0.453. The molecule has 4 rings (SSSR count). The van der Waals surface area contributed by atoms with Crippen molar-refractivity contribution >= 4 is 0 Å². The zero-order chi connectivity index (χ0) is 24.9. The zero-order valence-corrected chi connectivity index (χ0v) is 22.4. The molecule has 10 atom stereocenters. The highest BCUT2D eigenvalue weighted by atomic mass is 16.5. The average Bonchev–Trinajstić information content (AvgIpc) is 3.11. The molecule has 0 radical (unpaired) electrons. The van der Waals surface area contributed by atoms with Crippen molar-refractivity contribution in [1.29, 1.82) is 0 Å². The highest BCUT2D eigenvalue weighted by Crippen LogP contribution is 2.75. The first-order chi connectivity index (χ1) is 16.1. The summed E-state index contributed by atoms with van der Waals surface area (Å²) in [5.74, 6) is 2.75. The fraction of sp³-hybridized carbons (Fsp3) is 0.867. The van der Waals surface area contributed by atoms with E-state index in [1.54, 1.807) is 0 Å². The molecule has 0 aliphatic heterocycles. The minimum atomic E-state index is -0.145. The molecule has 4 nitrogen and oxygen atoms in total. The van der Waals surface area contributed by atoms with Gasteiger partial charge >= 0.3 is 0 Å². The van der Waals surface area contributed by atoms with E-state index in [9.17, 15) is 0 Å². The number of terminal acetylenes is 2. The van der Waals surface area contributed by atoms with Crippen LogP contribution in [-0.4, -0.2) is 37.6 Å². The summed E-state index contributed by atoms with van der Waals surface area (Å²) in [6, 6.07) is 0. The molecule has 4 aliphatic rings. The first kappa shape index (κ1) is 25.7. The molecule has 4 saturated carbocycles. The predicted octanol–water partition coefficient (Wildman–Crippen LogP) is 5.89. The Bertz CT molecular complexity index is 819. The lowest BCUT2D eigenvalue weighted by atomic mass is 9.56. The Morgan fingerprint density at radius 3 is 1.76 bits per heavy atom. The van der Waals surface area contributed by atoms with Crippen molar-refractivity contribution in [2.45, 2.75) is 105 Å². The lowest BCUT2D eigenvalue weighted by Crippen LogP contribution is -2.53. The largest absolute Gasteiger partial charge is 0.439 e. The van der Waals surface area contributed by atoms with Crippen LogP contribution in [0.15, 0.2) is 0 Å². The van der Waals surface area contributed by atoms with Crippen LogP contribution >= 0.6 is 0 Å². The molecule has 0 heterocycles. The lowest BCUT2D eigenvalue weighted by Gasteiger charge is -2.52. The molecule has 0 bridgehead atoms. The van der Waals surface area contributed by atoms with E-state index in [0.717, 1.165) is 32.5 Å². The van der Waals surface area contributed by atoms with Crippen LogP contribution in [0.25, 0.3) is 0 Å². The summed E-state index contributed by atoms with van der Waals surface area (Å²) in [5.41, 5.74) is 0.710. The number of hydrogen-bond acceptors (Lipinski definition) is 4. The third kappa shape index (κ3) is 3.94. The number of ether oxygens (including phenoxy) is 4. The van der Waals surface area contributed by atoms with E-state index in [-0.39, 0.29) is 40.7 Å². The summed E-state index contributed by atoms with van der Waals surface area (Å²) in [4.78, 5) is 0. The van der Waals surface area contributed by atoms with Crippen LogP contribution in [0.4, 0.5) is 0 Å². The Labute approximate surface area is 208 Å². The third-order valence-corrected chi connectivity index (χ3v) is 10.4. The van der Waals surface area contributed by atoms with E-state index in [0.29, 0.717) is 29.6 Å². The van der Waals surface area contributed by atoms with Crippen LogP contribution in [0.3, 0.4) is 0 Å². The molecular weight excluding hydrogens is 424 g/mol. The Balaban J connectivity index is 1.75. The van der Waals surface area contributed by atoms with E-state index >= 15 is 0 Å². The van der Waals surface area contributed by atoms with Gasteiger partial charge in [0, 0.05) is 13.2 Å². The maximum Gasteiger partial charge on any atom is 0.148 e. The van der Waals surface area contributed by atoms with Gasteiger partial charge in [-0.1, -0.05) is 47.5 Å². The van der Waals surface area contributed by atoms with Crippen molar-refractivity contribution < 1.29 is 18.9 Å². The molecule has 0 aromatic carbocycles. The fourth-order valence-electron chi connectivity index (χ4n) is 9.82. The summed E-state index contributed by atoms with van der Waals surface area (Å²) < 4.78 is 24.3. The number of fused-ring (bicyclic) bond motifs is 4. The molecule has 0 N–H and O–H groups in total. The van der Waals surface area contributed by atoms with Crippen LogP contribution in [0, 0.1) is 70.9 Å². The predicted molar refractivity (Wildman–Crippen MR) is 134 cm³/mol. The second-order valence-corrected chi connectivity index (χ2v) is 12.9. The minimum Gasteiger partial charge on any atom is -0.439 e. The van der Waals surface area contributed by atoms with Crippen LogP contribution in [0.5, 0.6) is 0 Å². The Kier molecular flexibility index (Phi) is 7.01. The molecule has 34 heavy (non-hydrogen) atoms. The van der Waals surface area contributed by atoms with Crippen molar-refractivity contribution in [3.05, 3.63) is 0 Å². The summed E-state index contributed by atoms with van der Waals surface area (Å²) >= 11 is 0. The van der Waals surface area contributed by atoms with Gasteiger partial charge in [0.15, 0.2) is 0 Å². The fourth-order valence-corrected chi connectivity index (χ4v) is 9.82. The molecule has 190 valence electrons. The second kappa shape index (κ2) is 9.26. The van der Waals surface area contributed by atoms with Gasteiger partial charge < -0.3 is 18.9 Å². The van der Waals surface area contributed by atoms with Crippen molar-refractivity contribution in [1.82, 2.24) is 0 Å². The Morgan fingerprint density at radius 1 is 0.735 bits per heavy atom. The van der Waals surface area contributed by atoms with Crippen LogP contribution in [0.2, 0.25) is 0 Å².